The maximum atomic E-state index is 5.90. The first-order chi connectivity index (χ1) is 9.36. The van der Waals surface area contributed by atoms with E-state index in [9.17, 15) is 0 Å². The normalized spacial score (nSPS) is 10.8. The van der Waals surface area contributed by atoms with Gasteiger partial charge in [-0.05, 0) is 42.3 Å². The van der Waals surface area contributed by atoms with Crippen molar-refractivity contribution in [3.63, 3.8) is 0 Å². The molecule has 0 radical (unpaired) electrons. The summed E-state index contributed by atoms with van der Waals surface area (Å²) in [5.41, 5.74) is 1.19. The zero-order valence-electron chi connectivity index (χ0n) is 10.6. The second kappa shape index (κ2) is 5.38. The maximum absolute atomic E-state index is 5.90. The molecule has 0 aliphatic heterocycles. The van der Waals surface area contributed by atoms with Crippen molar-refractivity contribution < 1.29 is 4.74 Å². The van der Waals surface area contributed by atoms with Gasteiger partial charge in [-0.2, -0.15) is 0 Å². The maximum Gasteiger partial charge on any atom is 0.227 e. The van der Waals surface area contributed by atoms with E-state index in [0.717, 1.165) is 17.7 Å². The highest BCUT2D eigenvalue weighted by Gasteiger charge is 2.06. The first kappa shape index (κ1) is 12.1. The second-order valence-corrected chi connectivity index (χ2v) is 5.18. The molecule has 1 aromatic carbocycles. The van der Waals surface area contributed by atoms with Gasteiger partial charge in [-0.15, -0.1) is 11.3 Å². The summed E-state index contributed by atoms with van der Waals surface area (Å²) in [5, 5.41) is 6.24. The third kappa shape index (κ3) is 2.59. The molecular formula is C15H14N2OS. The summed E-state index contributed by atoms with van der Waals surface area (Å²) in [4.78, 5) is 4.32. The van der Waals surface area contributed by atoms with Crippen LogP contribution in [0.5, 0.6) is 11.6 Å². The Hall–Kier alpha value is -1.91. The average Bonchev–Trinajstić information content (AvgIpc) is 2.89. The number of pyridine rings is 1. The lowest BCUT2D eigenvalue weighted by Crippen LogP contribution is -2.04. The molecule has 2 heterocycles. The number of ether oxygens (including phenoxy) is 1. The first-order valence-corrected chi connectivity index (χ1v) is 6.98. The molecule has 3 aromatic rings. The molecule has 0 unspecified atom stereocenters. The smallest absolute Gasteiger partial charge is 0.227 e. The lowest BCUT2D eigenvalue weighted by Gasteiger charge is -2.07. The van der Waals surface area contributed by atoms with Crippen molar-refractivity contribution in [3.05, 3.63) is 53.5 Å². The van der Waals surface area contributed by atoms with Crippen LogP contribution in [-0.2, 0) is 6.54 Å². The summed E-state index contributed by atoms with van der Waals surface area (Å²) in [6.45, 7) is 0.827. The van der Waals surface area contributed by atoms with Crippen LogP contribution in [0.4, 0.5) is 0 Å². The average molecular weight is 270 g/mol. The van der Waals surface area contributed by atoms with Crippen LogP contribution >= 0.6 is 11.3 Å². The van der Waals surface area contributed by atoms with Gasteiger partial charge in [0.2, 0.25) is 5.88 Å². The van der Waals surface area contributed by atoms with Crippen molar-refractivity contribution >= 4 is 21.4 Å². The molecule has 96 valence electrons. The van der Waals surface area contributed by atoms with E-state index in [1.54, 1.807) is 17.5 Å². The Kier molecular flexibility index (Phi) is 3.44. The van der Waals surface area contributed by atoms with Crippen molar-refractivity contribution in [2.24, 2.45) is 0 Å². The highest BCUT2D eigenvalue weighted by molar-refractivity contribution is 7.17. The van der Waals surface area contributed by atoms with Gasteiger partial charge in [0.25, 0.3) is 0 Å². The van der Waals surface area contributed by atoms with Gasteiger partial charge < -0.3 is 10.1 Å². The minimum Gasteiger partial charge on any atom is -0.438 e. The number of nitrogens with one attached hydrogen (secondary N) is 1. The van der Waals surface area contributed by atoms with Crippen molar-refractivity contribution in [3.8, 4) is 11.6 Å². The molecule has 0 fully saturated rings. The predicted molar refractivity (Wildman–Crippen MR) is 78.9 cm³/mol. The molecule has 0 bridgehead atoms. The van der Waals surface area contributed by atoms with Gasteiger partial charge in [0, 0.05) is 17.4 Å². The van der Waals surface area contributed by atoms with Crippen LogP contribution in [0.25, 0.3) is 10.1 Å². The first-order valence-electron chi connectivity index (χ1n) is 6.10. The summed E-state index contributed by atoms with van der Waals surface area (Å²) in [7, 11) is 1.93. The van der Waals surface area contributed by atoms with E-state index in [-0.39, 0.29) is 0 Å². The molecule has 0 aliphatic carbocycles. The molecular weight excluding hydrogens is 256 g/mol. The van der Waals surface area contributed by atoms with Crippen molar-refractivity contribution in [1.29, 1.82) is 0 Å². The van der Waals surface area contributed by atoms with E-state index in [1.807, 2.05) is 37.4 Å². The van der Waals surface area contributed by atoms with Crippen LogP contribution in [0.3, 0.4) is 0 Å². The molecule has 0 saturated carbocycles. The van der Waals surface area contributed by atoms with Crippen LogP contribution in [0.2, 0.25) is 0 Å². The molecule has 2 aromatic heterocycles. The zero-order chi connectivity index (χ0) is 13.1. The fourth-order valence-corrected chi connectivity index (χ4v) is 2.76. The van der Waals surface area contributed by atoms with Gasteiger partial charge in [0.15, 0.2) is 0 Å². The van der Waals surface area contributed by atoms with Gasteiger partial charge in [0.1, 0.15) is 5.75 Å². The Bertz CT molecular complexity index is 693. The highest BCUT2D eigenvalue weighted by atomic mass is 32.1. The number of hydrogen-bond donors (Lipinski definition) is 1. The lowest BCUT2D eigenvalue weighted by atomic mass is 10.2. The fourth-order valence-electron chi connectivity index (χ4n) is 1.98. The second-order valence-electron chi connectivity index (χ2n) is 4.23. The van der Waals surface area contributed by atoms with Crippen LogP contribution in [-0.4, -0.2) is 12.0 Å². The monoisotopic (exact) mass is 270 g/mol. The summed E-state index contributed by atoms with van der Waals surface area (Å²) >= 11 is 1.69. The van der Waals surface area contributed by atoms with Crippen molar-refractivity contribution in [1.82, 2.24) is 10.3 Å². The lowest BCUT2D eigenvalue weighted by molar-refractivity contribution is 0.468. The number of hydrogen-bond acceptors (Lipinski definition) is 4. The quantitative estimate of drug-likeness (QED) is 0.783. The van der Waals surface area contributed by atoms with Crippen LogP contribution in [0.1, 0.15) is 5.56 Å². The minimum atomic E-state index is 0.667. The standard InChI is InChI=1S/C15H14N2OS/c1-16-10-11-3-2-4-12(9-11)18-15-13-6-8-19-14(13)5-7-17-15/h2-9,16H,10H2,1H3. The molecule has 1 N–H and O–H groups in total. The van der Waals surface area contributed by atoms with E-state index in [1.165, 1.54) is 10.3 Å². The fraction of sp³-hybridized carbons (Fsp3) is 0.133. The number of benzene rings is 1. The molecule has 3 nitrogen and oxygen atoms in total. The van der Waals surface area contributed by atoms with E-state index in [0.29, 0.717) is 5.88 Å². The van der Waals surface area contributed by atoms with Crippen LogP contribution < -0.4 is 10.1 Å². The van der Waals surface area contributed by atoms with E-state index in [2.05, 4.69) is 21.7 Å². The van der Waals surface area contributed by atoms with Gasteiger partial charge in [-0.25, -0.2) is 4.98 Å². The van der Waals surface area contributed by atoms with Crippen LogP contribution in [0.15, 0.2) is 48.0 Å². The summed E-state index contributed by atoms with van der Waals surface area (Å²) < 4.78 is 7.10. The third-order valence-corrected chi connectivity index (χ3v) is 3.72. The number of aromatic nitrogens is 1. The number of rotatable bonds is 4. The Morgan fingerprint density at radius 2 is 2.21 bits per heavy atom. The van der Waals surface area contributed by atoms with E-state index in [4.69, 9.17) is 4.74 Å². The number of fused-ring (bicyclic) bond motifs is 1. The molecule has 19 heavy (non-hydrogen) atoms. The molecule has 3 rings (SSSR count). The summed E-state index contributed by atoms with van der Waals surface area (Å²) in [6.07, 6.45) is 1.78. The molecule has 0 saturated heterocycles. The summed E-state index contributed by atoms with van der Waals surface area (Å²) in [5.74, 6) is 1.49. The van der Waals surface area contributed by atoms with Gasteiger partial charge in [0.05, 0.1) is 5.39 Å². The number of nitrogens with zero attached hydrogens (tertiary/aromatic N) is 1. The SMILES string of the molecule is CNCc1cccc(Oc2nccc3sccc23)c1. The van der Waals surface area contributed by atoms with Gasteiger partial charge >= 0.3 is 0 Å². The molecule has 0 amide bonds. The van der Waals surface area contributed by atoms with Gasteiger partial charge in [-0.3, -0.25) is 0 Å². The van der Waals surface area contributed by atoms with Crippen molar-refractivity contribution in [2.45, 2.75) is 6.54 Å². The Morgan fingerprint density at radius 1 is 1.26 bits per heavy atom. The molecule has 0 aliphatic rings. The predicted octanol–water partition coefficient (Wildman–Crippen LogP) is 3.81. The zero-order valence-corrected chi connectivity index (χ0v) is 11.4. The minimum absolute atomic E-state index is 0.667. The molecule has 4 heteroatoms. The van der Waals surface area contributed by atoms with E-state index >= 15 is 0 Å². The Labute approximate surface area is 115 Å². The van der Waals surface area contributed by atoms with E-state index < -0.39 is 0 Å². The third-order valence-electron chi connectivity index (χ3n) is 2.84. The van der Waals surface area contributed by atoms with Gasteiger partial charge in [-0.1, -0.05) is 12.1 Å². The Morgan fingerprint density at radius 3 is 3.11 bits per heavy atom. The molecule has 0 atom stereocenters. The topological polar surface area (TPSA) is 34.1 Å². The number of thiophene rings is 1. The molecule has 0 spiro atoms. The summed E-state index contributed by atoms with van der Waals surface area (Å²) in [6, 6.07) is 12.1. The Balaban J connectivity index is 1.92. The van der Waals surface area contributed by atoms with Crippen LogP contribution in [0, 0.1) is 0 Å². The van der Waals surface area contributed by atoms with Crippen molar-refractivity contribution in [2.75, 3.05) is 7.05 Å². The largest absolute Gasteiger partial charge is 0.438 e. The highest BCUT2D eigenvalue weighted by Crippen LogP contribution is 2.30.